The Hall–Kier alpha value is -3.98. The van der Waals surface area contributed by atoms with E-state index in [2.05, 4.69) is 19.7 Å². The van der Waals surface area contributed by atoms with Crippen molar-refractivity contribution in [3.05, 3.63) is 78.4 Å². The molecule has 9 heteroatoms. The van der Waals surface area contributed by atoms with Crippen LogP contribution in [0, 0.1) is 5.92 Å². The Morgan fingerprint density at radius 2 is 1.77 bits per heavy atom. The summed E-state index contributed by atoms with van der Waals surface area (Å²) >= 11 is 0. The zero-order chi connectivity index (χ0) is 24.0. The molecule has 0 aliphatic carbocycles. The maximum Gasteiger partial charge on any atom is 0.285 e. The van der Waals surface area contributed by atoms with Gasteiger partial charge in [0.1, 0.15) is 10.7 Å². The number of hydrogen-bond donors (Lipinski definition) is 2. The number of H-pyrrole nitrogens is 1. The molecule has 3 heterocycles. The smallest absolute Gasteiger partial charge is 0.285 e. The number of aromatic nitrogens is 2. The molecule has 0 spiro atoms. The van der Waals surface area contributed by atoms with Crippen LogP contribution in [0.5, 0.6) is 0 Å². The van der Waals surface area contributed by atoms with Gasteiger partial charge < -0.3 is 15.2 Å². The number of benzene rings is 3. The third-order valence-electron chi connectivity index (χ3n) is 6.52. The van der Waals surface area contributed by atoms with Crippen LogP contribution in [0.2, 0.25) is 0 Å². The minimum Gasteiger partial charge on any atom is -0.355 e. The summed E-state index contributed by atoms with van der Waals surface area (Å²) in [7, 11) is -3.69. The van der Waals surface area contributed by atoms with E-state index in [1.165, 1.54) is 0 Å². The molecule has 1 saturated heterocycles. The van der Waals surface area contributed by atoms with E-state index in [9.17, 15) is 13.2 Å². The number of anilines is 1. The minimum absolute atomic E-state index is 0.0825. The van der Waals surface area contributed by atoms with E-state index < -0.39 is 10.0 Å². The Bertz CT molecular complexity index is 1540. The predicted octanol–water partition coefficient (Wildman–Crippen LogP) is 4.03. The van der Waals surface area contributed by atoms with Gasteiger partial charge in [0, 0.05) is 29.9 Å². The second-order valence-corrected chi connectivity index (χ2v) is 10.4. The molecule has 0 bridgehead atoms. The van der Waals surface area contributed by atoms with E-state index in [1.54, 1.807) is 24.3 Å². The Kier molecular flexibility index (Phi) is 5.14. The molecule has 3 aromatic carbocycles. The zero-order valence-corrected chi connectivity index (χ0v) is 19.6. The third-order valence-corrected chi connectivity index (χ3v) is 7.84. The van der Waals surface area contributed by atoms with Crippen molar-refractivity contribution in [1.82, 2.24) is 14.9 Å². The normalized spacial score (nSPS) is 18.8. The lowest BCUT2D eigenvalue weighted by Crippen LogP contribution is -2.43. The number of nitrogens with zero attached hydrogens (tertiary/aromatic N) is 3. The lowest BCUT2D eigenvalue weighted by atomic mass is 9.96. The topological polar surface area (TPSA) is 108 Å². The number of carbonyl (C=O) groups is 1. The number of aromatic amines is 1. The van der Waals surface area contributed by atoms with Crippen molar-refractivity contribution < 1.29 is 13.2 Å². The molecule has 2 aliphatic rings. The average Bonchev–Trinajstić information content (AvgIpc) is 3.43. The number of rotatable bonds is 3. The summed E-state index contributed by atoms with van der Waals surface area (Å²) in [5, 5.41) is 3.01. The van der Waals surface area contributed by atoms with Gasteiger partial charge in [-0.1, -0.05) is 24.3 Å². The number of amides is 1. The maximum absolute atomic E-state index is 13.1. The van der Waals surface area contributed by atoms with Gasteiger partial charge in [-0.25, -0.2) is 4.98 Å². The van der Waals surface area contributed by atoms with E-state index in [0.29, 0.717) is 30.2 Å². The molecular weight excluding hydrogens is 462 g/mol. The van der Waals surface area contributed by atoms with Crippen LogP contribution in [0.15, 0.2) is 82.1 Å². The summed E-state index contributed by atoms with van der Waals surface area (Å²) in [4.78, 5) is 23.1. The van der Waals surface area contributed by atoms with Crippen LogP contribution >= 0.6 is 0 Å². The Morgan fingerprint density at radius 3 is 2.60 bits per heavy atom. The van der Waals surface area contributed by atoms with Gasteiger partial charge >= 0.3 is 0 Å². The molecule has 0 saturated carbocycles. The number of amidine groups is 1. The lowest BCUT2D eigenvalue weighted by molar-refractivity contribution is -0.121. The van der Waals surface area contributed by atoms with Gasteiger partial charge in [-0.15, -0.1) is 4.40 Å². The molecule has 4 aromatic rings. The molecule has 2 N–H and O–H groups in total. The van der Waals surface area contributed by atoms with E-state index >= 15 is 0 Å². The molecule has 35 heavy (non-hydrogen) atoms. The summed E-state index contributed by atoms with van der Waals surface area (Å²) in [5.41, 5.74) is 4.13. The highest BCUT2D eigenvalue weighted by Crippen LogP contribution is 2.30. The number of likely N-dealkylation sites (tertiary alicyclic amines) is 1. The van der Waals surface area contributed by atoms with Crippen molar-refractivity contribution >= 4 is 38.5 Å². The lowest BCUT2D eigenvalue weighted by Gasteiger charge is -2.33. The fourth-order valence-electron chi connectivity index (χ4n) is 4.75. The van der Waals surface area contributed by atoms with Crippen molar-refractivity contribution in [2.24, 2.45) is 10.3 Å². The highest BCUT2D eigenvalue weighted by atomic mass is 32.2. The number of piperidine rings is 1. The summed E-state index contributed by atoms with van der Waals surface area (Å²) in [6, 6.07) is 22.3. The van der Waals surface area contributed by atoms with Gasteiger partial charge in [-0.2, -0.15) is 8.42 Å². The predicted molar refractivity (Wildman–Crippen MR) is 135 cm³/mol. The molecule has 1 atom stereocenters. The van der Waals surface area contributed by atoms with Crippen LogP contribution in [0.1, 0.15) is 18.4 Å². The number of sulfonamides is 1. The van der Waals surface area contributed by atoms with Crippen LogP contribution in [0.4, 0.5) is 5.69 Å². The molecular formula is C26H23N5O3S. The number of nitrogens with one attached hydrogen (secondary N) is 2. The molecule has 1 aromatic heterocycles. The fourth-order valence-corrected chi connectivity index (χ4v) is 5.97. The molecule has 0 radical (unpaired) electrons. The minimum atomic E-state index is -3.69. The standard InChI is InChI=1S/C26H23N5O3S/c32-26(27-19-13-11-17(12-14-19)24-28-21-8-2-3-9-22(21)29-24)18-6-5-15-31(16-18)25-20-7-1-4-10-23(20)35(33,34)30-25/h1-4,7-14,18H,5-6,15-16H2,(H,27,32)(H,28,29). The molecule has 2 aliphatic heterocycles. The van der Waals surface area contributed by atoms with Gasteiger partial charge in [0.25, 0.3) is 10.0 Å². The van der Waals surface area contributed by atoms with Crippen molar-refractivity contribution in [2.45, 2.75) is 17.7 Å². The first-order valence-electron chi connectivity index (χ1n) is 11.5. The van der Waals surface area contributed by atoms with Crippen LogP contribution in [0.25, 0.3) is 22.4 Å². The van der Waals surface area contributed by atoms with Crippen LogP contribution in [0.3, 0.4) is 0 Å². The first-order valence-corrected chi connectivity index (χ1v) is 13.0. The number of carbonyl (C=O) groups excluding carboxylic acids is 1. The van der Waals surface area contributed by atoms with E-state index in [4.69, 9.17) is 0 Å². The largest absolute Gasteiger partial charge is 0.355 e. The number of hydrogen-bond acceptors (Lipinski definition) is 5. The van der Waals surface area contributed by atoms with Gasteiger partial charge in [-0.3, -0.25) is 4.79 Å². The average molecular weight is 486 g/mol. The zero-order valence-electron chi connectivity index (χ0n) is 18.8. The number of fused-ring (bicyclic) bond motifs is 2. The molecule has 1 unspecified atom stereocenters. The van der Waals surface area contributed by atoms with Crippen LogP contribution < -0.4 is 5.32 Å². The van der Waals surface area contributed by atoms with E-state index in [-0.39, 0.29) is 16.7 Å². The summed E-state index contributed by atoms with van der Waals surface area (Å²) in [6.45, 7) is 1.09. The maximum atomic E-state index is 13.1. The van der Waals surface area contributed by atoms with E-state index in [1.807, 2.05) is 53.4 Å². The second kappa shape index (κ2) is 8.35. The highest BCUT2D eigenvalue weighted by Gasteiger charge is 2.35. The monoisotopic (exact) mass is 485 g/mol. The molecule has 8 nitrogen and oxygen atoms in total. The number of para-hydroxylation sites is 2. The van der Waals surface area contributed by atoms with Gasteiger partial charge in [0.15, 0.2) is 5.84 Å². The van der Waals surface area contributed by atoms with Crippen molar-refractivity contribution in [1.29, 1.82) is 0 Å². The third kappa shape index (κ3) is 3.97. The summed E-state index contributed by atoms with van der Waals surface area (Å²) in [6.07, 6.45) is 1.52. The van der Waals surface area contributed by atoms with Crippen LogP contribution in [-0.2, 0) is 14.8 Å². The van der Waals surface area contributed by atoms with Gasteiger partial charge in [-0.05, 0) is 61.4 Å². The highest BCUT2D eigenvalue weighted by molar-refractivity contribution is 7.90. The molecule has 1 fully saturated rings. The Morgan fingerprint density at radius 1 is 1.00 bits per heavy atom. The van der Waals surface area contributed by atoms with E-state index in [0.717, 1.165) is 35.3 Å². The molecule has 6 rings (SSSR count). The molecule has 1 amide bonds. The quantitative estimate of drug-likeness (QED) is 0.456. The second-order valence-electron chi connectivity index (χ2n) is 8.84. The van der Waals surface area contributed by atoms with Crippen LogP contribution in [-0.4, -0.2) is 48.1 Å². The molecule has 176 valence electrons. The summed E-state index contributed by atoms with van der Waals surface area (Å²) < 4.78 is 28.9. The Balaban J connectivity index is 1.15. The van der Waals surface area contributed by atoms with Gasteiger partial charge in [0.05, 0.1) is 17.0 Å². The van der Waals surface area contributed by atoms with Crippen molar-refractivity contribution in [2.75, 3.05) is 18.4 Å². The first-order chi connectivity index (χ1) is 17.0. The van der Waals surface area contributed by atoms with Gasteiger partial charge in [0.2, 0.25) is 5.91 Å². The fraction of sp³-hybridized carbons (Fsp3) is 0.192. The SMILES string of the molecule is O=C(Nc1ccc(-c2nc3ccccc3[nH]2)cc1)C1CCCN(C2=NS(=O)(=O)c3ccccc32)C1. The Labute approximate surface area is 202 Å². The summed E-state index contributed by atoms with van der Waals surface area (Å²) in [5.74, 6) is 0.866. The van der Waals surface area contributed by atoms with Crippen molar-refractivity contribution in [3.8, 4) is 11.4 Å². The first kappa shape index (κ1) is 21.5. The van der Waals surface area contributed by atoms with Crippen molar-refractivity contribution in [3.63, 3.8) is 0 Å². The number of imidazole rings is 1.